The number of aromatic carboxylic acids is 1. The summed E-state index contributed by atoms with van der Waals surface area (Å²) in [5.41, 5.74) is 2.85. The lowest BCUT2D eigenvalue weighted by molar-refractivity contribution is -0.0395. The van der Waals surface area contributed by atoms with Gasteiger partial charge in [-0.25, -0.2) is 13.6 Å². The number of hydrogen-bond donors (Lipinski definition) is 1. The topological polar surface area (TPSA) is 79.9 Å². The summed E-state index contributed by atoms with van der Waals surface area (Å²) in [6.45, 7) is 5.26. The van der Waals surface area contributed by atoms with Gasteiger partial charge in [-0.05, 0) is 63.4 Å². The van der Waals surface area contributed by atoms with Crippen molar-refractivity contribution in [3.05, 3.63) is 74.6 Å². The molecule has 0 unspecified atom stereocenters. The van der Waals surface area contributed by atoms with Gasteiger partial charge in [0, 0.05) is 35.6 Å². The summed E-state index contributed by atoms with van der Waals surface area (Å²) in [5, 5.41) is 9.86. The molecule has 33 heavy (non-hydrogen) atoms. The lowest BCUT2D eigenvalue weighted by Crippen LogP contribution is -2.25. The van der Waals surface area contributed by atoms with Gasteiger partial charge in [0.2, 0.25) is 5.92 Å². The van der Waals surface area contributed by atoms with Gasteiger partial charge in [0.15, 0.2) is 5.43 Å². The number of aliphatic imine (C=N–C) groups is 1. The number of carboxylic acids is 1. The second-order valence-electron chi connectivity index (χ2n) is 8.76. The zero-order valence-corrected chi connectivity index (χ0v) is 18.7. The number of alkyl halides is 2. The number of hydrogen-bond acceptors (Lipinski definition) is 4. The van der Waals surface area contributed by atoms with Crippen molar-refractivity contribution in [2.45, 2.75) is 58.3 Å². The van der Waals surface area contributed by atoms with Gasteiger partial charge in [-0.3, -0.25) is 9.79 Å². The van der Waals surface area contributed by atoms with Crippen LogP contribution in [-0.4, -0.2) is 22.7 Å². The van der Waals surface area contributed by atoms with E-state index in [4.69, 9.17) is 4.42 Å². The highest BCUT2D eigenvalue weighted by molar-refractivity contribution is 6.09. The Kier molecular flexibility index (Phi) is 5.91. The number of aryl methyl sites for hydroxylation is 1. The second-order valence-corrected chi connectivity index (χ2v) is 8.76. The lowest BCUT2D eigenvalue weighted by Gasteiger charge is -2.28. The molecule has 1 saturated carbocycles. The molecule has 4 rings (SSSR count). The molecule has 0 spiro atoms. The van der Waals surface area contributed by atoms with Crippen molar-refractivity contribution >= 4 is 28.3 Å². The lowest BCUT2D eigenvalue weighted by atomic mass is 9.83. The largest absolute Gasteiger partial charge is 0.478 e. The van der Waals surface area contributed by atoms with Crippen molar-refractivity contribution in [3.63, 3.8) is 0 Å². The molecule has 1 aliphatic rings. The predicted molar refractivity (Wildman–Crippen MR) is 123 cm³/mol. The zero-order chi connectivity index (χ0) is 23.9. The smallest absolute Gasteiger partial charge is 0.337 e. The summed E-state index contributed by atoms with van der Waals surface area (Å²) in [6, 6.07) is 9.99. The van der Waals surface area contributed by atoms with Crippen molar-refractivity contribution in [3.8, 4) is 0 Å². The molecule has 2 aromatic carbocycles. The van der Waals surface area contributed by atoms with Gasteiger partial charge in [0.25, 0.3) is 0 Å². The maximum Gasteiger partial charge on any atom is 0.337 e. The highest BCUT2D eigenvalue weighted by Gasteiger charge is 2.37. The van der Waals surface area contributed by atoms with E-state index in [1.165, 1.54) is 6.07 Å². The zero-order valence-electron chi connectivity index (χ0n) is 18.7. The van der Waals surface area contributed by atoms with E-state index in [1.54, 1.807) is 38.1 Å². The minimum atomic E-state index is -2.68. The molecule has 0 amide bonds. The van der Waals surface area contributed by atoms with Gasteiger partial charge in [-0.2, -0.15) is 0 Å². The molecule has 3 aromatic rings. The van der Waals surface area contributed by atoms with E-state index >= 15 is 0 Å². The predicted octanol–water partition coefficient (Wildman–Crippen LogP) is 6.54. The van der Waals surface area contributed by atoms with Crippen LogP contribution in [0.15, 0.2) is 50.6 Å². The van der Waals surface area contributed by atoms with Gasteiger partial charge in [-0.1, -0.05) is 12.1 Å². The summed E-state index contributed by atoms with van der Waals surface area (Å²) >= 11 is 0. The molecular weight excluding hydrogens is 428 g/mol. The first-order chi connectivity index (χ1) is 15.6. The fraction of sp³-hybridized carbons (Fsp3) is 0.346. The van der Waals surface area contributed by atoms with Crippen LogP contribution in [0.2, 0.25) is 0 Å². The van der Waals surface area contributed by atoms with Crippen molar-refractivity contribution in [2.75, 3.05) is 0 Å². The maximum atomic E-state index is 13.7. The standard InChI is InChI=1S/C26H25F2NO4/c1-14-12-19(16(3)29-21-7-5-4-6-18(21)25(31)32)24-20(13-14)22(30)15(2)23(33-24)17-8-10-26(27,28)11-9-17/h4-7,12-13,17H,8-11H2,1-3H3,(H,31,32). The molecule has 0 atom stereocenters. The molecule has 0 bridgehead atoms. The molecule has 1 heterocycles. The van der Waals surface area contributed by atoms with Gasteiger partial charge in [0.1, 0.15) is 11.3 Å². The molecule has 7 heteroatoms. The average Bonchev–Trinajstić information content (AvgIpc) is 2.76. The number of carboxylic acid groups (broad SMARTS) is 1. The van der Waals surface area contributed by atoms with Gasteiger partial charge >= 0.3 is 5.97 Å². The van der Waals surface area contributed by atoms with Crippen molar-refractivity contribution in [2.24, 2.45) is 4.99 Å². The van der Waals surface area contributed by atoms with Crippen LogP contribution in [0.1, 0.15) is 71.3 Å². The van der Waals surface area contributed by atoms with Crippen molar-refractivity contribution in [1.82, 2.24) is 0 Å². The van der Waals surface area contributed by atoms with E-state index in [1.807, 2.05) is 13.0 Å². The van der Waals surface area contributed by atoms with E-state index in [9.17, 15) is 23.5 Å². The van der Waals surface area contributed by atoms with E-state index in [0.717, 1.165) is 5.56 Å². The summed E-state index contributed by atoms with van der Waals surface area (Å²) in [5.74, 6) is -3.56. The van der Waals surface area contributed by atoms with Crippen molar-refractivity contribution in [1.29, 1.82) is 0 Å². The Morgan fingerprint density at radius 1 is 1.12 bits per heavy atom. The Morgan fingerprint density at radius 2 is 1.79 bits per heavy atom. The number of halogens is 2. The first-order valence-electron chi connectivity index (χ1n) is 10.9. The molecule has 0 radical (unpaired) electrons. The minimum Gasteiger partial charge on any atom is -0.478 e. The number of nitrogens with zero attached hydrogens (tertiary/aromatic N) is 1. The van der Waals surface area contributed by atoms with Gasteiger partial charge in [0.05, 0.1) is 16.6 Å². The summed E-state index contributed by atoms with van der Waals surface area (Å²) < 4.78 is 33.6. The first-order valence-corrected chi connectivity index (χ1v) is 10.9. The number of fused-ring (bicyclic) bond motifs is 1. The highest BCUT2D eigenvalue weighted by Crippen LogP contribution is 2.42. The van der Waals surface area contributed by atoms with Crippen molar-refractivity contribution < 1.29 is 23.1 Å². The first kappa shape index (κ1) is 22.8. The normalized spacial score (nSPS) is 16.8. The van der Waals surface area contributed by atoms with Crippen LogP contribution in [0.4, 0.5) is 14.5 Å². The van der Waals surface area contributed by atoms with Gasteiger partial charge < -0.3 is 9.52 Å². The van der Waals surface area contributed by atoms with E-state index in [0.29, 0.717) is 39.3 Å². The van der Waals surface area contributed by atoms with Crippen LogP contribution in [-0.2, 0) is 0 Å². The number of para-hydroxylation sites is 1. The molecule has 0 aliphatic heterocycles. The van der Waals surface area contributed by atoms with Crippen LogP contribution >= 0.6 is 0 Å². The molecular formula is C26H25F2NO4. The van der Waals surface area contributed by atoms with E-state index in [2.05, 4.69) is 4.99 Å². The number of rotatable bonds is 4. The third-order valence-corrected chi connectivity index (χ3v) is 6.30. The van der Waals surface area contributed by atoms with Gasteiger partial charge in [-0.15, -0.1) is 0 Å². The summed E-state index contributed by atoms with van der Waals surface area (Å²) in [6.07, 6.45) is 0.0449. The molecule has 1 aliphatic carbocycles. The Balaban J connectivity index is 1.88. The molecule has 1 N–H and O–H groups in total. The fourth-order valence-corrected chi connectivity index (χ4v) is 4.51. The minimum absolute atomic E-state index is 0.0647. The summed E-state index contributed by atoms with van der Waals surface area (Å²) in [4.78, 5) is 29.3. The SMILES string of the molecule is CC(=Nc1ccccc1C(=O)O)c1cc(C)cc2c(=O)c(C)c(C3CCC(F)(F)CC3)oc12. The molecule has 1 aromatic heterocycles. The van der Waals surface area contributed by atoms with Crippen LogP contribution < -0.4 is 5.43 Å². The van der Waals surface area contributed by atoms with Crippen LogP contribution in [0, 0.1) is 13.8 Å². The second kappa shape index (κ2) is 8.54. The Bertz CT molecular complexity index is 1330. The summed E-state index contributed by atoms with van der Waals surface area (Å²) in [7, 11) is 0. The Hall–Kier alpha value is -3.35. The Labute approximate surface area is 189 Å². The number of benzene rings is 2. The number of carbonyl (C=O) groups is 1. The molecule has 172 valence electrons. The highest BCUT2D eigenvalue weighted by atomic mass is 19.3. The fourth-order valence-electron chi connectivity index (χ4n) is 4.51. The molecule has 0 saturated heterocycles. The average molecular weight is 453 g/mol. The van der Waals surface area contributed by atoms with Crippen LogP contribution in [0.5, 0.6) is 0 Å². The van der Waals surface area contributed by atoms with E-state index in [-0.39, 0.29) is 42.6 Å². The van der Waals surface area contributed by atoms with Crippen LogP contribution in [0.3, 0.4) is 0 Å². The van der Waals surface area contributed by atoms with Crippen LogP contribution in [0.25, 0.3) is 11.0 Å². The third kappa shape index (κ3) is 4.45. The molecule has 5 nitrogen and oxygen atoms in total. The third-order valence-electron chi connectivity index (χ3n) is 6.30. The van der Waals surface area contributed by atoms with E-state index < -0.39 is 11.9 Å². The maximum absolute atomic E-state index is 13.7. The molecule has 1 fully saturated rings. The monoisotopic (exact) mass is 453 g/mol. The Morgan fingerprint density at radius 3 is 2.45 bits per heavy atom. The quantitative estimate of drug-likeness (QED) is 0.455.